The van der Waals surface area contributed by atoms with E-state index < -0.39 is 17.9 Å². The molecular formula is C32H32N3O5+. The molecule has 3 aliphatic heterocycles. The monoisotopic (exact) mass is 538 g/mol. The number of carbonyl (C=O) groups is 3. The number of hydroxylamine groups is 2. The number of aryl methyl sites for hydroxylation is 1. The highest BCUT2D eigenvalue weighted by Crippen LogP contribution is 2.47. The van der Waals surface area contributed by atoms with E-state index in [1.807, 2.05) is 6.07 Å². The number of benzene rings is 2. The van der Waals surface area contributed by atoms with Gasteiger partial charge < -0.3 is 9.32 Å². The molecule has 0 spiro atoms. The van der Waals surface area contributed by atoms with Gasteiger partial charge in [0.25, 0.3) is 11.8 Å². The molecule has 8 nitrogen and oxygen atoms in total. The van der Waals surface area contributed by atoms with Crippen LogP contribution < -0.4 is 15.2 Å². The zero-order chi connectivity index (χ0) is 28.0. The minimum Gasteiger partial charge on any atom is -0.456 e. The molecule has 0 bridgehead atoms. The average Bonchev–Trinajstić information content (AvgIpc) is 3.37. The SMILES string of the molecule is CCN1/C(=C/C=C2\CCCc3cc4cc/c(=[NH+]\C(=O)ON5C(=O)CCC5=O)cc-4oc32)C(C)(C)c2ccccc21. The van der Waals surface area contributed by atoms with E-state index in [1.165, 1.54) is 16.9 Å². The van der Waals surface area contributed by atoms with E-state index in [0.717, 1.165) is 48.3 Å². The molecule has 1 N–H and O–H groups in total. The Morgan fingerprint density at radius 1 is 1.02 bits per heavy atom. The minimum absolute atomic E-state index is 0.0412. The quantitative estimate of drug-likeness (QED) is 0.507. The van der Waals surface area contributed by atoms with Crippen LogP contribution in [0.5, 0.6) is 0 Å². The van der Waals surface area contributed by atoms with Crippen LogP contribution in [0.15, 0.2) is 70.8 Å². The van der Waals surface area contributed by atoms with Crippen LogP contribution in [0.25, 0.3) is 16.9 Å². The molecule has 1 aromatic rings. The van der Waals surface area contributed by atoms with Crippen LogP contribution in [0.3, 0.4) is 0 Å². The molecule has 2 aliphatic carbocycles. The molecular weight excluding hydrogens is 506 g/mol. The Hall–Kier alpha value is -4.46. The number of rotatable bonds is 3. The molecule has 1 fully saturated rings. The lowest BCUT2D eigenvalue weighted by molar-refractivity contribution is -0.423. The second-order valence-corrected chi connectivity index (χ2v) is 10.9. The van der Waals surface area contributed by atoms with Crippen molar-refractivity contribution >= 4 is 29.2 Å². The van der Waals surface area contributed by atoms with Crippen molar-refractivity contribution in [1.82, 2.24) is 5.06 Å². The number of allylic oxidation sites excluding steroid dienone is 4. The third-order valence-electron chi connectivity index (χ3n) is 8.02. The van der Waals surface area contributed by atoms with Crippen molar-refractivity contribution in [3.63, 3.8) is 0 Å². The van der Waals surface area contributed by atoms with Gasteiger partial charge in [0, 0.05) is 47.8 Å². The number of amides is 3. The first kappa shape index (κ1) is 25.8. The zero-order valence-electron chi connectivity index (χ0n) is 23.0. The van der Waals surface area contributed by atoms with Crippen LogP contribution in [0.4, 0.5) is 10.5 Å². The number of fused-ring (bicyclic) bond motifs is 3. The van der Waals surface area contributed by atoms with E-state index in [0.29, 0.717) is 16.2 Å². The van der Waals surface area contributed by atoms with Gasteiger partial charge in [0.1, 0.15) is 11.5 Å². The number of nitrogens with one attached hydrogen (secondary N) is 1. The van der Waals surface area contributed by atoms with Crippen molar-refractivity contribution in [2.75, 3.05) is 11.4 Å². The Morgan fingerprint density at radius 3 is 2.58 bits per heavy atom. The number of para-hydroxylation sites is 1. The third kappa shape index (κ3) is 4.43. The summed E-state index contributed by atoms with van der Waals surface area (Å²) in [6.07, 6.45) is 6.50. The number of hydrogen-bond acceptors (Lipinski definition) is 6. The highest BCUT2D eigenvalue weighted by molar-refractivity contribution is 6.01. The fraction of sp³-hybridized carbons (Fsp3) is 0.312. The predicted octanol–water partition coefficient (Wildman–Crippen LogP) is 3.99. The van der Waals surface area contributed by atoms with Crippen molar-refractivity contribution in [3.8, 4) is 11.3 Å². The standard InChI is InChI=1S/C32H31N3O5/c1-4-34-25-11-6-5-10-24(25)32(2,3)27(34)15-13-20-8-7-9-22-18-21-12-14-23(19-26(21)39-30(20)22)33-31(38)40-35-28(36)16-17-29(35)37/h5-6,10-15,18-19H,4,7-9,16-17H2,1-3H3/p+1/b20-13+,27-15+,33-23+. The van der Waals surface area contributed by atoms with Crippen molar-refractivity contribution in [2.24, 2.45) is 0 Å². The van der Waals surface area contributed by atoms with E-state index in [9.17, 15) is 14.4 Å². The van der Waals surface area contributed by atoms with E-state index in [-0.39, 0.29) is 18.3 Å². The van der Waals surface area contributed by atoms with Gasteiger partial charge in [0.15, 0.2) is 0 Å². The fourth-order valence-corrected chi connectivity index (χ4v) is 5.99. The normalized spacial score (nSPS) is 20.5. The summed E-state index contributed by atoms with van der Waals surface area (Å²) in [7, 11) is 0. The molecule has 0 atom stereocenters. The second-order valence-electron chi connectivity index (χ2n) is 10.9. The van der Waals surface area contributed by atoms with Gasteiger partial charge in [-0.05, 0) is 67.2 Å². The van der Waals surface area contributed by atoms with Gasteiger partial charge in [-0.15, -0.1) is 4.99 Å². The first-order chi connectivity index (χ1) is 19.3. The number of likely N-dealkylation sites (N-methyl/N-ethyl adjacent to an activating group) is 1. The van der Waals surface area contributed by atoms with Crippen molar-refractivity contribution in [1.29, 1.82) is 0 Å². The molecule has 5 aliphatic rings. The van der Waals surface area contributed by atoms with Crippen molar-refractivity contribution in [3.05, 3.63) is 88.6 Å². The second kappa shape index (κ2) is 9.93. The molecule has 0 aromatic heterocycles. The molecule has 204 valence electrons. The summed E-state index contributed by atoms with van der Waals surface area (Å²) in [5.74, 6) is 0.428. The molecule has 0 saturated carbocycles. The fourth-order valence-electron chi connectivity index (χ4n) is 5.99. The van der Waals surface area contributed by atoms with E-state index >= 15 is 0 Å². The van der Waals surface area contributed by atoms with Crippen LogP contribution in [0.1, 0.15) is 63.3 Å². The summed E-state index contributed by atoms with van der Waals surface area (Å²) in [5.41, 5.74) is 6.97. The smallest absolute Gasteiger partial charge is 0.456 e. The van der Waals surface area contributed by atoms with Crippen molar-refractivity contribution in [2.45, 2.75) is 58.3 Å². The first-order valence-corrected chi connectivity index (χ1v) is 13.8. The highest BCUT2D eigenvalue weighted by Gasteiger charge is 2.39. The van der Waals surface area contributed by atoms with Crippen LogP contribution in [-0.4, -0.2) is 29.5 Å². The topological polar surface area (TPSA) is 94.0 Å². The maximum absolute atomic E-state index is 12.3. The predicted molar refractivity (Wildman–Crippen MR) is 148 cm³/mol. The van der Waals surface area contributed by atoms with Crippen LogP contribution in [0.2, 0.25) is 0 Å². The summed E-state index contributed by atoms with van der Waals surface area (Å²) < 4.78 is 6.45. The van der Waals surface area contributed by atoms with E-state index in [2.05, 4.69) is 73.1 Å². The maximum atomic E-state index is 12.3. The molecule has 40 heavy (non-hydrogen) atoms. The molecule has 8 heteroatoms. The summed E-state index contributed by atoms with van der Waals surface area (Å²) in [6, 6.07) is 16.1. The lowest BCUT2D eigenvalue weighted by Gasteiger charge is -2.26. The van der Waals surface area contributed by atoms with Gasteiger partial charge in [-0.1, -0.05) is 43.2 Å². The van der Waals surface area contributed by atoms with E-state index in [1.54, 1.807) is 12.1 Å². The molecule has 1 saturated heterocycles. The summed E-state index contributed by atoms with van der Waals surface area (Å²) in [6.45, 7) is 7.61. The van der Waals surface area contributed by atoms with Crippen LogP contribution in [0, 0.1) is 0 Å². The van der Waals surface area contributed by atoms with Gasteiger partial charge in [0.2, 0.25) is 5.36 Å². The van der Waals surface area contributed by atoms with Crippen LogP contribution >= 0.6 is 0 Å². The van der Waals surface area contributed by atoms with Gasteiger partial charge >= 0.3 is 6.09 Å². The van der Waals surface area contributed by atoms with Crippen molar-refractivity contribution < 1.29 is 28.6 Å². The third-order valence-corrected chi connectivity index (χ3v) is 8.02. The van der Waals surface area contributed by atoms with Gasteiger partial charge in [-0.25, -0.2) is 0 Å². The minimum atomic E-state index is -0.909. The Morgan fingerprint density at radius 2 is 1.80 bits per heavy atom. The van der Waals surface area contributed by atoms with Crippen LogP contribution in [-0.2, 0) is 26.3 Å². The van der Waals surface area contributed by atoms with Gasteiger partial charge in [0.05, 0.1) is 6.07 Å². The number of nitrogens with zero attached hydrogens (tertiary/aromatic N) is 2. The summed E-state index contributed by atoms with van der Waals surface area (Å²) >= 11 is 0. The zero-order valence-corrected chi connectivity index (χ0v) is 23.0. The average molecular weight is 539 g/mol. The first-order valence-electron chi connectivity index (χ1n) is 13.8. The Balaban J connectivity index is 1.34. The molecule has 3 heterocycles. The Labute approximate surface area is 232 Å². The lowest BCUT2D eigenvalue weighted by atomic mass is 9.83. The Kier molecular flexibility index (Phi) is 6.41. The number of hydrogen-bond donors (Lipinski definition) is 1. The molecule has 0 unspecified atom stereocenters. The maximum Gasteiger partial charge on any atom is 0.620 e. The molecule has 1 aromatic carbocycles. The number of anilines is 1. The lowest BCUT2D eigenvalue weighted by Crippen LogP contribution is -2.81. The molecule has 0 radical (unpaired) electrons. The molecule has 3 amide bonds. The largest absolute Gasteiger partial charge is 0.620 e. The number of imide groups is 1. The Bertz CT molecular complexity index is 1630. The summed E-state index contributed by atoms with van der Waals surface area (Å²) in [5, 5.41) is 0.958. The molecule has 6 rings (SSSR count). The van der Waals surface area contributed by atoms with Gasteiger partial charge in [-0.2, -0.15) is 4.79 Å². The highest BCUT2D eigenvalue weighted by atomic mass is 16.7. The number of carbonyl (C=O) groups excluding carboxylic acids is 3. The van der Waals surface area contributed by atoms with E-state index in [4.69, 9.17) is 9.25 Å². The summed E-state index contributed by atoms with van der Waals surface area (Å²) in [4.78, 5) is 45.8. The van der Waals surface area contributed by atoms with Gasteiger partial charge in [-0.3, -0.25) is 14.4 Å².